The van der Waals surface area contributed by atoms with Gasteiger partial charge in [-0.05, 0) is 58.3 Å². The number of ether oxygens (including phenoxy) is 1. The van der Waals surface area contributed by atoms with Gasteiger partial charge in [0.2, 0.25) is 0 Å². The highest BCUT2D eigenvalue weighted by molar-refractivity contribution is 6.00. The van der Waals surface area contributed by atoms with Crippen molar-refractivity contribution in [2.45, 2.75) is 90.6 Å². The zero-order valence-corrected chi connectivity index (χ0v) is 15.4. The molecule has 1 N–H and O–H groups in total. The van der Waals surface area contributed by atoms with E-state index in [0.717, 1.165) is 57.8 Å². The first-order valence-electron chi connectivity index (χ1n) is 9.50. The maximum atomic E-state index is 12.9. The first kappa shape index (κ1) is 19.0. The van der Waals surface area contributed by atoms with Crippen LogP contribution < -0.4 is 0 Å². The molecule has 2 rings (SSSR count). The Labute approximate surface area is 145 Å². The van der Waals surface area contributed by atoms with Gasteiger partial charge in [-0.25, -0.2) is 9.59 Å². The van der Waals surface area contributed by atoms with E-state index in [1.54, 1.807) is 0 Å². The van der Waals surface area contributed by atoms with E-state index in [9.17, 15) is 14.7 Å². The van der Waals surface area contributed by atoms with E-state index in [2.05, 4.69) is 0 Å². The molecule has 0 saturated heterocycles. The molecule has 0 aromatic rings. The van der Waals surface area contributed by atoms with Gasteiger partial charge in [0, 0.05) is 0 Å². The molecular formula is C20H32O4. The van der Waals surface area contributed by atoms with E-state index in [1.165, 1.54) is 6.42 Å². The molecule has 0 aliphatic heterocycles. The minimum Gasteiger partial charge on any atom is -0.478 e. The first-order chi connectivity index (χ1) is 11.3. The van der Waals surface area contributed by atoms with Crippen molar-refractivity contribution in [2.75, 3.05) is 0 Å². The van der Waals surface area contributed by atoms with E-state index in [-0.39, 0.29) is 11.8 Å². The molecule has 0 spiro atoms. The van der Waals surface area contributed by atoms with Gasteiger partial charge in [-0.3, -0.25) is 0 Å². The predicted molar refractivity (Wildman–Crippen MR) is 93.7 cm³/mol. The molecule has 0 radical (unpaired) electrons. The van der Waals surface area contributed by atoms with Crippen LogP contribution in [0.1, 0.15) is 85.0 Å². The van der Waals surface area contributed by atoms with E-state index >= 15 is 0 Å². The van der Waals surface area contributed by atoms with Crippen molar-refractivity contribution in [3.05, 3.63) is 11.1 Å². The van der Waals surface area contributed by atoms with Gasteiger partial charge in [-0.2, -0.15) is 0 Å². The normalized spacial score (nSPS) is 22.0. The number of rotatable bonds is 4. The summed E-state index contributed by atoms with van der Waals surface area (Å²) in [7, 11) is 0. The lowest BCUT2D eigenvalue weighted by atomic mass is 9.75. The number of carbonyl (C=O) groups is 2. The van der Waals surface area contributed by atoms with Crippen LogP contribution in [0.2, 0.25) is 0 Å². The highest BCUT2D eigenvalue weighted by atomic mass is 16.6. The average molecular weight is 336 g/mol. The minimum atomic E-state index is -0.923. The Morgan fingerprint density at radius 3 is 1.58 bits per heavy atom. The summed E-state index contributed by atoms with van der Waals surface area (Å²) in [6.07, 6.45) is 10.1. The molecule has 2 aliphatic carbocycles. The molecule has 136 valence electrons. The van der Waals surface area contributed by atoms with Gasteiger partial charge in [0.25, 0.3) is 0 Å². The average Bonchev–Trinajstić information content (AvgIpc) is 2.52. The topological polar surface area (TPSA) is 63.6 Å². The van der Waals surface area contributed by atoms with E-state index in [0.29, 0.717) is 11.1 Å². The number of aliphatic carboxylic acids is 1. The zero-order chi connectivity index (χ0) is 17.7. The van der Waals surface area contributed by atoms with Gasteiger partial charge >= 0.3 is 11.9 Å². The summed E-state index contributed by atoms with van der Waals surface area (Å²) in [4.78, 5) is 25.0. The zero-order valence-electron chi connectivity index (χ0n) is 15.4. The van der Waals surface area contributed by atoms with Crippen LogP contribution in [0.5, 0.6) is 0 Å². The third kappa shape index (κ3) is 5.09. The lowest BCUT2D eigenvalue weighted by Gasteiger charge is -2.31. The van der Waals surface area contributed by atoms with E-state index in [1.807, 2.05) is 20.8 Å². The summed E-state index contributed by atoms with van der Waals surface area (Å²) >= 11 is 0. The quantitative estimate of drug-likeness (QED) is 0.587. The molecule has 0 aromatic heterocycles. The molecule has 2 aliphatic rings. The summed E-state index contributed by atoms with van der Waals surface area (Å²) < 4.78 is 5.61. The SMILES string of the molecule is CC(C)(C)OC(=O)/C(=C(/C(=O)O)C1CCCCC1)C1CCCCC1. The number of hydrogen-bond acceptors (Lipinski definition) is 3. The Bertz CT molecular complexity index is 486. The number of carboxylic acid groups (broad SMARTS) is 1. The molecule has 4 nitrogen and oxygen atoms in total. The first-order valence-corrected chi connectivity index (χ1v) is 9.50. The Hall–Kier alpha value is -1.32. The van der Waals surface area contributed by atoms with Crippen molar-refractivity contribution in [2.24, 2.45) is 11.8 Å². The number of carbonyl (C=O) groups excluding carboxylic acids is 1. The third-order valence-corrected chi connectivity index (χ3v) is 5.17. The predicted octanol–water partition coefficient (Wildman–Crippen LogP) is 4.87. The van der Waals surface area contributed by atoms with Crippen LogP contribution in [0.25, 0.3) is 0 Å². The summed E-state index contributed by atoms with van der Waals surface area (Å²) in [5, 5.41) is 9.91. The summed E-state index contributed by atoms with van der Waals surface area (Å²) in [6.45, 7) is 5.51. The van der Waals surface area contributed by atoms with Crippen molar-refractivity contribution in [3.8, 4) is 0 Å². The van der Waals surface area contributed by atoms with Gasteiger partial charge < -0.3 is 9.84 Å². The molecule has 0 heterocycles. The fraction of sp³-hybridized carbons (Fsp3) is 0.800. The van der Waals surface area contributed by atoms with E-state index in [4.69, 9.17) is 4.74 Å². The molecule has 0 bridgehead atoms. The van der Waals surface area contributed by atoms with Crippen molar-refractivity contribution < 1.29 is 19.4 Å². The Balaban J connectivity index is 2.42. The number of esters is 1. The fourth-order valence-corrected chi connectivity index (χ4v) is 4.12. The van der Waals surface area contributed by atoms with Crippen LogP contribution in [0.15, 0.2) is 11.1 Å². The van der Waals surface area contributed by atoms with Crippen LogP contribution >= 0.6 is 0 Å². The van der Waals surface area contributed by atoms with E-state index < -0.39 is 17.5 Å². The second-order valence-corrected chi connectivity index (χ2v) is 8.30. The highest BCUT2D eigenvalue weighted by Crippen LogP contribution is 2.38. The van der Waals surface area contributed by atoms with Crippen molar-refractivity contribution in [3.63, 3.8) is 0 Å². The molecule has 24 heavy (non-hydrogen) atoms. The standard InChI is InChI=1S/C20H32O4/c1-20(2,3)24-19(23)17(15-12-8-5-9-13-15)16(18(21)22)14-10-6-4-7-11-14/h14-15H,4-13H2,1-3H3,(H,21,22)/b17-16+. The molecule has 2 fully saturated rings. The molecule has 0 amide bonds. The van der Waals surface area contributed by atoms with Crippen LogP contribution in [0.3, 0.4) is 0 Å². The number of hydrogen-bond donors (Lipinski definition) is 1. The third-order valence-electron chi connectivity index (χ3n) is 5.17. The van der Waals surface area contributed by atoms with Gasteiger partial charge in [0.1, 0.15) is 5.60 Å². The Morgan fingerprint density at radius 1 is 0.792 bits per heavy atom. The van der Waals surface area contributed by atoms with Crippen molar-refractivity contribution in [1.29, 1.82) is 0 Å². The Kier molecular flexibility index (Phi) is 6.47. The molecular weight excluding hydrogens is 304 g/mol. The number of carboxylic acids is 1. The summed E-state index contributed by atoms with van der Waals surface area (Å²) in [5.41, 5.74) is 0.229. The van der Waals surface area contributed by atoms with Crippen LogP contribution in [0.4, 0.5) is 0 Å². The smallest absolute Gasteiger partial charge is 0.335 e. The molecule has 0 atom stereocenters. The lowest BCUT2D eigenvalue weighted by Crippen LogP contribution is -2.31. The minimum absolute atomic E-state index is 0.000643. The van der Waals surface area contributed by atoms with Gasteiger partial charge in [-0.15, -0.1) is 0 Å². The van der Waals surface area contributed by atoms with Crippen molar-refractivity contribution in [1.82, 2.24) is 0 Å². The monoisotopic (exact) mass is 336 g/mol. The van der Waals surface area contributed by atoms with Crippen LogP contribution in [0, 0.1) is 11.8 Å². The molecule has 0 aromatic carbocycles. The van der Waals surface area contributed by atoms with Gasteiger partial charge in [0.05, 0.1) is 11.1 Å². The Morgan fingerprint density at radius 2 is 1.21 bits per heavy atom. The maximum absolute atomic E-state index is 12.9. The molecule has 4 heteroatoms. The highest BCUT2D eigenvalue weighted by Gasteiger charge is 2.35. The summed E-state index contributed by atoms with van der Waals surface area (Å²) in [5.74, 6) is -1.28. The molecule has 0 unspecified atom stereocenters. The van der Waals surface area contributed by atoms with Gasteiger partial charge in [-0.1, -0.05) is 38.5 Å². The summed E-state index contributed by atoms with van der Waals surface area (Å²) in [6, 6.07) is 0. The van der Waals surface area contributed by atoms with Gasteiger partial charge in [0.15, 0.2) is 0 Å². The molecule has 2 saturated carbocycles. The second-order valence-electron chi connectivity index (χ2n) is 8.30. The fourth-order valence-electron chi connectivity index (χ4n) is 4.12. The maximum Gasteiger partial charge on any atom is 0.335 e. The van der Waals surface area contributed by atoms with Crippen LogP contribution in [-0.4, -0.2) is 22.6 Å². The second kappa shape index (κ2) is 8.17. The van der Waals surface area contributed by atoms with Crippen LogP contribution in [-0.2, 0) is 14.3 Å². The largest absolute Gasteiger partial charge is 0.478 e. The van der Waals surface area contributed by atoms with Crippen molar-refractivity contribution >= 4 is 11.9 Å². The lowest BCUT2D eigenvalue weighted by molar-refractivity contribution is -0.151.